The van der Waals surface area contributed by atoms with E-state index in [4.69, 9.17) is 0 Å². The summed E-state index contributed by atoms with van der Waals surface area (Å²) in [6.45, 7) is 0. The minimum absolute atomic E-state index is 0.259. The maximum Gasteiger partial charge on any atom is 0.175 e. The van der Waals surface area contributed by atoms with Crippen LogP contribution in [0.1, 0.15) is 30.4 Å². The predicted octanol–water partition coefficient (Wildman–Crippen LogP) is 4.46. The molecule has 0 aromatic heterocycles. The van der Waals surface area contributed by atoms with E-state index in [9.17, 15) is 17.2 Å². The normalized spacial score (nSPS) is 15.3. The van der Waals surface area contributed by atoms with Gasteiger partial charge >= 0.3 is 0 Å². The third kappa shape index (κ3) is 3.20. The second kappa shape index (κ2) is 5.89. The molecule has 1 aliphatic rings. The smallest absolute Gasteiger partial charge is 0.175 e. The second-order valence-electron chi connectivity index (χ2n) is 5.73. The Morgan fingerprint density at radius 3 is 2.17 bits per heavy atom. The molecule has 0 aliphatic heterocycles. The summed E-state index contributed by atoms with van der Waals surface area (Å²) in [6, 6.07) is 10.2. The number of halogens is 2. The van der Waals surface area contributed by atoms with Gasteiger partial charge in [0.1, 0.15) is 11.6 Å². The number of hydrogen-bond acceptors (Lipinski definition) is 2. The molecule has 0 heterocycles. The second-order valence-corrected chi connectivity index (χ2v) is 7.75. The van der Waals surface area contributed by atoms with E-state index in [1.54, 1.807) is 24.3 Å². The number of benzene rings is 2. The van der Waals surface area contributed by atoms with Crippen molar-refractivity contribution in [3.63, 3.8) is 0 Å². The fourth-order valence-corrected chi connectivity index (χ4v) is 3.63. The highest BCUT2D eigenvalue weighted by atomic mass is 32.2. The lowest BCUT2D eigenvalue weighted by molar-refractivity contribution is 0.580. The van der Waals surface area contributed by atoms with Crippen LogP contribution in [0.15, 0.2) is 47.4 Å². The molecule has 0 fully saturated rings. The number of sulfone groups is 1. The van der Waals surface area contributed by atoms with Crippen LogP contribution < -0.4 is 0 Å². The van der Waals surface area contributed by atoms with Gasteiger partial charge in [0.2, 0.25) is 0 Å². The van der Waals surface area contributed by atoms with E-state index >= 15 is 0 Å². The van der Waals surface area contributed by atoms with E-state index in [1.165, 1.54) is 12.1 Å². The Bertz CT molecular complexity index is 882. The first-order valence-electron chi connectivity index (χ1n) is 7.34. The van der Waals surface area contributed by atoms with E-state index in [0.717, 1.165) is 48.3 Å². The first kappa shape index (κ1) is 15.9. The van der Waals surface area contributed by atoms with Crippen molar-refractivity contribution in [3.8, 4) is 0 Å². The molecule has 0 saturated heterocycles. The Hall–Kier alpha value is -2.01. The zero-order valence-electron chi connectivity index (χ0n) is 12.6. The van der Waals surface area contributed by atoms with E-state index in [0.29, 0.717) is 5.56 Å². The molecule has 0 saturated carbocycles. The first-order valence-corrected chi connectivity index (χ1v) is 9.23. The topological polar surface area (TPSA) is 34.1 Å². The summed E-state index contributed by atoms with van der Waals surface area (Å²) in [4.78, 5) is 0.259. The number of rotatable bonds is 3. The molecule has 0 unspecified atom stereocenters. The molecule has 2 nitrogen and oxygen atoms in total. The van der Waals surface area contributed by atoms with Crippen molar-refractivity contribution in [2.45, 2.75) is 24.2 Å². The van der Waals surface area contributed by atoms with Crippen molar-refractivity contribution < 1.29 is 17.2 Å². The fourth-order valence-electron chi connectivity index (χ4n) is 3.00. The van der Waals surface area contributed by atoms with Crippen LogP contribution >= 0.6 is 0 Å². The molecule has 0 bridgehead atoms. The molecule has 0 spiro atoms. The van der Waals surface area contributed by atoms with Crippen molar-refractivity contribution in [1.29, 1.82) is 0 Å². The molecule has 1 aliphatic carbocycles. The Labute approximate surface area is 134 Å². The van der Waals surface area contributed by atoms with Crippen LogP contribution in [0.3, 0.4) is 0 Å². The van der Waals surface area contributed by atoms with Gasteiger partial charge in [0.15, 0.2) is 9.84 Å². The third-order valence-corrected chi connectivity index (χ3v) is 5.23. The average Bonchev–Trinajstić information content (AvgIpc) is 2.95. The van der Waals surface area contributed by atoms with Gasteiger partial charge in [0, 0.05) is 17.9 Å². The molecule has 2 aromatic carbocycles. The molecule has 2 aromatic rings. The van der Waals surface area contributed by atoms with Crippen molar-refractivity contribution in [2.75, 3.05) is 6.26 Å². The summed E-state index contributed by atoms with van der Waals surface area (Å²) in [5.74, 6) is -1.16. The zero-order chi connectivity index (χ0) is 16.6. The summed E-state index contributed by atoms with van der Waals surface area (Å²) in [6.07, 6.45) is 3.58. The standard InChI is InChI=1S/C18H16F2O2S/c1-23(21,22)14-8-5-12(6-9-14)15-3-2-4-16(15)17-10-7-13(19)11-18(17)20/h5-11H,2-4H2,1H3. The van der Waals surface area contributed by atoms with E-state index in [2.05, 4.69) is 0 Å². The number of allylic oxidation sites excluding steroid dienone is 2. The molecule has 23 heavy (non-hydrogen) atoms. The Kier molecular flexibility index (Phi) is 4.06. The quantitative estimate of drug-likeness (QED) is 0.830. The largest absolute Gasteiger partial charge is 0.224 e. The predicted molar refractivity (Wildman–Crippen MR) is 86.6 cm³/mol. The van der Waals surface area contributed by atoms with Crippen molar-refractivity contribution >= 4 is 21.0 Å². The minimum Gasteiger partial charge on any atom is -0.224 e. The van der Waals surface area contributed by atoms with Crippen molar-refractivity contribution in [3.05, 3.63) is 65.2 Å². The van der Waals surface area contributed by atoms with Gasteiger partial charge in [-0.1, -0.05) is 12.1 Å². The third-order valence-electron chi connectivity index (χ3n) is 4.11. The molecule has 5 heteroatoms. The van der Waals surface area contributed by atoms with Crippen LogP contribution in [-0.2, 0) is 9.84 Å². The van der Waals surface area contributed by atoms with E-state index in [-0.39, 0.29) is 4.90 Å². The summed E-state index contributed by atoms with van der Waals surface area (Å²) in [5.41, 5.74) is 3.17. The lowest BCUT2D eigenvalue weighted by Crippen LogP contribution is -1.97. The van der Waals surface area contributed by atoms with Crippen LogP contribution in [0.2, 0.25) is 0 Å². The van der Waals surface area contributed by atoms with Gasteiger partial charge in [-0.05, 0) is 60.2 Å². The maximum absolute atomic E-state index is 14.1. The van der Waals surface area contributed by atoms with Gasteiger partial charge < -0.3 is 0 Å². The molecule has 120 valence electrons. The highest BCUT2D eigenvalue weighted by Crippen LogP contribution is 2.40. The molecule has 3 rings (SSSR count). The number of hydrogen-bond donors (Lipinski definition) is 0. The van der Waals surface area contributed by atoms with Gasteiger partial charge in [-0.25, -0.2) is 17.2 Å². The SMILES string of the molecule is CS(=O)(=O)c1ccc(C2=C(c3ccc(F)cc3F)CCC2)cc1. The van der Waals surface area contributed by atoms with Gasteiger partial charge in [-0.3, -0.25) is 0 Å². The van der Waals surface area contributed by atoms with Gasteiger partial charge in [0.25, 0.3) is 0 Å². The van der Waals surface area contributed by atoms with Crippen LogP contribution in [-0.4, -0.2) is 14.7 Å². The van der Waals surface area contributed by atoms with Crippen molar-refractivity contribution in [2.24, 2.45) is 0 Å². The summed E-state index contributed by atoms with van der Waals surface area (Å²) < 4.78 is 50.2. The average molecular weight is 334 g/mol. The highest BCUT2D eigenvalue weighted by Gasteiger charge is 2.20. The van der Waals surface area contributed by atoms with Gasteiger partial charge in [-0.2, -0.15) is 0 Å². The lowest BCUT2D eigenvalue weighted by atomic mass is 9.97. The molecule has 0 N–H and O–H groups in total. The molecule has 0 amide bonds. The van der Waals surface area contributed by atoms with E-state index in [1.807, 2.05) is 0 Å². The lowest BCUT2D eigenvalue weighted by Gasteiger charge is -2.10. The van der Waals surface area contributed by atoms with Crippen LogP contribution in [0.25, 0.3) is 11.1 Å². The fraction of sp³-hybridized carbons (Fsp3) is 0.222. The molecular formula is C18H16F2O2S. The summed E-state index contributed by atoms with van der Waals surface area (Å²) >= 11 is 0. The van der Waals surface area contributed by atoms with Crippen LogP contribution in [0.4, 0.5) is 8.78 Å². The monoisotopic (exact) mass is 334 g/mol. The first-order chi connectivity index (χ1) is 10.9. The van der Waals surface area contributed by atoms with Crippen LogP contribution in [0.5, 0.6) is 0 Å². The summed E-state index contributed by atoms with van der Waals surface area (Å²) in [5, 5.41) is 0. The molecular weight excluding hydrogens is 318 g/mol. The zero-order valence-corrected chi connectivity index (χ0v) is 13.5. The van der Waals surface area contributed by atoms with E-state index < -0.39 is 21.5 Å². The molecule has 0 radical (unpaired) electrons. The van der Waals surface area contributed by atoms with Crippen molar-refractivity contribution in [1.82, 2.24) is 0 Å². The Morgan fingerprint density at radius 2 is 1.57 bits per heavy atom. The maximum atomic E-state index is 14.1. The van der Waals surface area contributed by atoms with Gasteiger partial charge in [0.05, 0.1) is 4.90 Å². The summed E-state index contributed by atoms with van der Waals surface area (Å²) in [7, 11) is -3.24. The van der Waals surface area contributed by atoms with Gasteiger partial charge in [-0.15, -0.1) is 0 Å². The Balaban J connectivity index is 2.06. The van der Waals surface area contributed by atoms with Crippen LogP contribution in [0, 0.1) is 11.6 Å². The highest BCUT2D eigenvalue weighted by molar-refractivity contribution is 7.90. The minimum atomic E-state index is -3.24. The molecule has 0 atom stereocenters. The Morgan fingerprint density at radius 1 is 0.913 bits per heavy atom.